The van der Waals surface area contributed by atoms with Crippen LogP contribution in [0.15, 0.2) is 41.3 Å². The largest absolute Gasteiger partial charge is 0.383 e. The third-order valence-corrected chi connectivity index (χ3v) is 4.25. The van der Waals surface area contributed by atoms with E-state index in [0.29, 0.717) is 31.1 Å². The molecular weight excluding hydrogens is 340 g/mol. The van der Waals surface area contributed by atoms with Crippen molar-refractivity contribution in [3.8, 4) is 17.2 Å². The number of aryl methyl sites for hydroxylation is 1. The summed E-state index contributed by atoms with van der Waals surface area (Å²) in [6.45, 7) is 7.48. The molecule has 0 fully saturated rings. The summed E-state index contributed by atoms with van der Waals surface area (Å²) in [6, 6.07) is 11.5. The lowest BCUT2D eigenvalue weighted by Crippen LogP contribution is -2.26. The predicted molar refractivity (Wildman–Crippen MR) is 107 cm³/mol. The number of amides is 1. The molecule has 0 radical (unpaired) electrons. The fraction of sp³-hybridized carbons (Fsp3) is 0.381. The minimum atomic E-state index is -0.242. The van der Waals surface area contributed by atoms with Crippen LogP contribution in [0.2, 0.25) is 0 Å². The van der Waals surface area contributed by atoms with Crippen LogP contribution in [-0.4, -0.2) is 23.6 Å². The van der Waals surface area contributed by atoms with E-state index >= 15 is 0 Å². The summed E-state index contributed by atoms with van der Waals surface area (Å²) in [5.74, 6) is 0.437. The van der Waals surface area contributed by atoms with Crippen molar-refractivity contribution >= 4 is 11.6 Å². The van der Waals surface area contributed by atoms with Crippen molar-refractivity contribution in [2.24, 2.45) is 5.92 Å². The quantitative estimate of drug-likeness (QED) is 0.703. The number of nitriles is 1. The summed E-state index contributed by atoms with van der Waals surface area (Å²) >= 11 is 0. The third-order valence-electron chi connectivity index (χ3n) is 4.25. The summed E-state index contributed by atoms with van der Waals surface area (Å²) in [6.07, 6.45) is 2.66. The molecule has 0 aliphatic carbocycles. The van der Waals surface area contributed by atoms with Crippen molar-refractivity contribution in [1.29, 1.82) is 5.26 Å². The van der Waals surface area contributed by atoms with Crippen molar-refractivity contribution in [1.82, 2.24) is 9.88 Å². The van der Waals surface area contributed by atoms with E-state index in [2.05, 4.69) is 30.6 Å². The molecule has 0 bridgehead atoms. The monoisotopic (exact) mass is 366 g/mol. The molecule has 0 spiro atoms. The molecule has 2 rings (SSSR count). The van der Waals surface area contributed by atoms with Crippen molar-refractivity contribution in [3.05, 3.63) is 52.4 Å². The van der Waals surface area contributed by atoms with E-state index < -0.39 is 0 Å². The first-order chi connectivity index (χ1) is 12.9. The summed E-state index contributed by atoms with van der Waals surface area (Å²) in [5.41, 5.74) is 2.31. The van der Waals surface area contributed by atoms with Crippen LogP contribution in [0.3, 0.4) is 0 Å². The minimum absolute atomic E-state index is 0.0562. The van der Waals surface area contributed by atoms with E-state index in [1.807, 2.05) is 30.3 Å². The van der Waals surface area contributed by atoms with Gasteiger partial charge in [-0.2, -0.15) is 5.26 Å². The maximum Gasteiger partial charge on any atom is 0.269 e. The van der Waals surface area contributed by atoms with Crippen LogP contribution in [-0.2, 0) is 11.3 Å². The number of carbonyl (C=O) groups is 1. The van der Waals surface area contributed by atoms with Crippen LogP contribution in [0.5, 0.6) is 0 Å². The molecule has 6 nitrogen and oxygen atoms in total. The normalized spacial score (nSPS) is 10.5. The first-order valence-corrected chi connectivity index (χ1v) is 9.14. The van der Waals surface area contributed by atoms with Gasteiger partial charge in [-0.05, 0) is 36.1 Å². The molecule has 2 N–H and O–H groups in total. The van der Waals surface area contributed by atoms with Gasteiger partial charge in [0.2, 0.25) is 5.91 Å². The van der Waals surface area contributed by atoms with E-state index in [-0.39, 0.29) is 17.0 Å². The number of nitrogens with one attached hydrogen (secondary N) is 2. The molecule has 0 aliphatic rings. The van der Waals surface area contributed by atoms with E-state index in [0.717, 1.165) is 17.7 Å². The number of benzene rings is 1. The fourth-order valence-corrected chi connectivity index (χ4v) is 2.71. The highest BCUT2D eigenvalue weighted by atomic mass is 16.1. The highest BCUT2D eigenvalue weighted by molar-refractivity contribution is 5.73. The smallest absolute Gasteiger partial charge is 0.269 e. The Morgan fingerprint density at radius 2 is 1.89 bits per heavy atom. The van der Waals surface area contributed by atoms with Gasteiger partial charge < -0.3 is 15.2 Å². The third kappa shape index (κ3) is 5.71. The van der Waals surface area contributed by atoms with Gasteiger partial charge in [-0.15, -0.1) is 0 Å². The molecular formula is C21H26N4O2. The summed E-state index contributed by atoms with van der Waals surface area (Å²) in [5, 5.41) is 15.4. The van der Waals surface area contributed by atoms with Gasteiger partial charge in [0.25, 0.3) is 5.56 Å². The van der Waals surface area contributed by atoms with Crippen LogP contribution >= 0.6 is 0 Å². The van der Waals surface area contributed by atoms with Gasteiger partial charge in [0.15, 0.2) is 0 Å². The van der Waals surface area contributed by atoms with Crippen LogP contribution in [0.1, 0.15) is 32.8 Å². The molecule has 0 atom stereocenters. The minimum Gasteiger partial charge on any atom is -0.383 e. The number of nitrogens with zero attached hydrogens (tertiary/aromatic N) is 2. The van der Waals surface area contributed by atoms with Gasteiger partial charge in [0, 0.05) is 44.0 Å². The first-order valence-electron chi connectivity index (χ1n) is 9.14. The molecule has 0 unspecified atom stereocenters. The lowest BCUT2D eigenvalue weighted by molar-refractivity contribution is -0.118. The Balaban J connectivity index is 2.15. The van der Waals surface area contributed by atoms with Crippen molar-refractivity contribution in [2.45, 2.75) is 33.7 Å². The Morgan fingerprint density at radius 1 is 1.19 bits per heavy atom. The molecule has 0 saturated heterocycles. The zero-order chi connectivity index (χ0) is 19.8. The van der Waals surface area contributed by atoms with E-state index in [4.69, 9.17) is 0 Å². The molecule has 1 aromatic carbocycles. The van der Waals surface area contributed by atoms with E-state index in [1.165, 1.54) is 6.92 Å². The lowest BCUT2D eigenvalue weighted by Gasteiger charge is -2.12. The topological polar surface area (TPSA) is 86.9 Å². The highest BCUT2D eigenvalue weighted by Gasteiger charge is 2.12. The second kappa shape index (κ2) is 9.58. The average Bonchev–Trinajstić information content (AvgIpc) is 2.64. The molecule has 1 amide bonds. The van der Waals surface area contributed by atoms with Crippen molar-refractivity contribution in [2.75, 3.05) is 18.4 Å². The summed E-state index contributed by atoms with van der Waals surface area (Å²) in [4.78, 5) is 23.4. The molecule has 27 heavy (non-hydrogen) atoms. The van der Waals surface area contributed by atoms with Crippen molar-refractivity contribution in [3.63, 3.8) is 0 Å². The van der Waals surface area contributed by atoms with Crippen LogP contribution < -0.4 is 16.2 Å². The fourth-order valence-electron chi connectivity index (χ4n) is 2.71. The van der Waals surface area contributed by atoms with E-state index in [9.17, 15) is 14.9 Å². The maximum atomic E-state index is 12.6. The second-order valence-electron chi connectivity index (χ2n) is 6.88. The Hall–Kier alpha value is -3.07. The van der Waals surface area contributed by atoms with Gasteiger partial charge in [-0.1, -0.05) is 26.0 Å². The van der Waals surface area contributed by atoms with Crippen molar-refractivity contribution < 1.29 is 4.79 Å². The number of carbonyl (C=O) groups excluding carboxylic acids is 1. The Bertz CT molecular complexity index is 877. The summed E-state index contributed by atoms with van der Waals surface area (Å²) < 4.78 is 1.61. The highest BCUT2D eigenvalue weighted by Crippen LogP contribution is 2.23. The number of aromatic nitrogens is 1. The zero-order valence-electron chi connectivity index (χ0n) is 16.1. The first kappa shape index (κ1) is 20.2. The molecule has 0 aliphatic heterocycles. The van der Waals surface area contributed by atoms with Crippen LogP contribution in [0, 0.1) is 17.2 Å². The SMILES string of the molecule is CC(=O)NCCNc1ccc(-c2ccn(CCC(C)C)c(=O)c2C#N)cc1. The lowest BCUT2D eigenvalue weighted by atomic mass is 10.0. The average molecular weight is 366 g/mol. The Kier molecular flexibility index (Phi) is 7.18. The Morgan fingerprint density at radius 3 is 2.48 bits per heavy atom. The van der Waals surface area contributed by atoms with Gasteiger partial charge >= 0.3 is 0 Å². The number of hydrogen-bond acceptors (Lipinski definition) is 4. The molecule has 1 heterocycles. The molecule has 2 aromatic rings. The van der Waals surface area contributed by atoms with Gasteiger partial charge in [-0.25, -0.2) is 0 Å². The number of pyridine rings is 1. The molecule has 1 aromatic heterocycles. The van der Waals surface area contributed by atoms with Gasteiger partial charge in [-0.3, -0.25) is 9.59 Å². The summed E-state index contributed by atoms with van der Waals surface area (Å²) in [7, 11) is 0. The van der Waals surface area contributed by atoms with Crippen LogP contribution in [0.4, 0.5) is 5.69 Å². The van der Waals surface area contributed by atoms with Gasteiger partial charge in [0.1, 0.15) is 11.6 Å². The Labute approximate surface area is 159 Å². The molecule has 0 saturated carbocycles. The van der Waals surface area contributed by atoms with E-state index in [1.54, 1.807) is 10.8 Å². The maximum absolute atomic E-state index is 12.6. The number of anilines is 1. The zero-order valence-corrected chi connectivity index (χ0v) is 16.1. The van der Waals surface area contributed by atoms with Gasteiger partial charge in [0.05, 0.1) is 0 Å². The predicted octanol–water partition coefficient (Wildman–Crippen LogP) is 2.98. The second-order valence-corrected chi connectivity index (χ2v) is 6.88. The molecule has 142 valence electrons. The standard InChI is InChI=1S/C21H26N4O2/c1-15(2)8-12-25-13-9-19(20(14-22)21(25)27)17-4-6-18(7-5-17)24-11-10-23-16(3)26/h4-7,9,13,15,24H,8,10-12H2,1-3H3,(H,23,26). The van der Waals surface area contributed by atoms with Crippen LogP contribution in [0.25, 0.3) is 11.1 Å². The number of hydrogen-bond donors (Lipinski definition) is 2. The molecule has 6 heteroatoms. The number of rotatable bonds is 8.